The first kappa shape index (κ1) is 21.2. The van der Waals surface area contributed by atoms with E-state index in [1.807, 2.05) is 6.92 Å². The van der Waals surface area contributed by atoms with Gasteiger partial charge in [0.15, 0.2) is 23.3 Å². The molecule has 6 nitrogen and oxygen atoms in total. The molecule has 0 aliphatic heterocycles. The fourth-order valence-corrected chi connectivity index (χ4v) is 2.95. The molecule has 0 saturated heterocycles. The number of hydrogen-bond donors (Lipinski definition) is 1. The Morgan fingerprint density at radius 1 is 0.875 bits per heavy atom. The molecule has 0 radical (unpaired) electrons. The molecule has 32 heavy (non-hydrogen) atoms. The number of amides is 1. The number of halogens is 5. The summed E-state index contributed by atoms with van der Waals surface area (Å²) in [6.07, 6.45) is 0. The number of nitrogens with zero attached hydrogens (tertiary/aromatic N) is 3. The zero-order valence-electron chi connectivity index (χ0n) is 16.3. The van der Waals surface area contributed by atoms with Crippen LogP contribution >= 0.6 is 0 Å². The maximum Gasteiger partial charge on any atom is 0.261 e. The molecule has 4 aromatic rings. The number of hydrogen-bond acceptors (Lipinski definition) is 4. The second-order valence-electron chi connectivity index (χ2n) is 6.52. The number of carbonyl (C=O) groups is 1. The SMILES string of the molecule is CCOc1ccc(-n2nc3ccc(NC(=O)c4c(F)c(F)c(F)c(F)c4F)cc3n2)cc1. The molecular formula is C21H13F5N4O2. The molecule has 3 aromatic carbocycles. The highest BCUT2D eigenvalue weighted by molar-refractivity contribution is 6.05. The number of benzene rings is 3. The summed E-state index contributed by atoms with van der Waals surface area (Å²) in [5.41, 5.74) is -0.191. The quantitative estimate of drug-likeness (QED) is 0.271. The molecule has 11 heteroatoms. The van der Waals surface area contributed by atoms with Gasteiger partial charge in [-0.2, -0.15) is 4.80 Å². The third-order valence-electron chi connectivity index (χ3n) is 4.45. The Morgan fingerprint density at radius 2 is 1.47 bits per heavy atom. The zero-order valence-corrected chi connectivity index (χ0v) is 16.3. The van der Waals surface area contributed by atoms with Gasteiger partial charge in [0.1, 0.15) is 22.3 Å². The minimum atomic E-state index is -2.34. The molecule has 0 atom stereocenters. The summed E-state index contributed by atoms with van der Waals surface area (Å²) in [4.78, 5) is 13.5. The first-order valence-corrected chi connectivity index (χ1v) is 9.23. The second-order valence-corrected chi connectivity index (χ2v) is 6.52. The Labute approximate surface area is 177 Å². The Hall–Kier alpha value is -4.02. The van der Waals surface area contributed by atoms with E-state index in [9.17, 15) is 26.7 Å². The van der Waals surface area contributed by atoms with E-state index in [-0.39, 0.29) is 5.69 Å². The zero-order chi connectivity index (χ0) is 23.0. The third kappa shape index (κ3) is 3.72. The molecular weight excluding hydrogens is 435 g/mol. The molecule has 0 aliphatic carbocycles. The predicted molar refractivity (Wildman–Crippen MR) is 104 cm³/mol. The molecule has 1 aromatic heterocycles. The van der Waals surface area contributed by atoms with Gasteiger partial charge in [0.2, 0.25) is 5.82 Å². The van der Waals surface area contributed by atoms with Crippen LogP contribution in [0.2, 0.25) is 0 Å². The van der Waals surface area contributed by atoms with Crippen molar-refractivity contribution in [3.63, 3.8) is 0 Å². The molecule has 0 spiro atoms. The molecule has 4 rings (SSSR count). The number of fused-ring (bicyclic) bond motifs is 1. The van der Waals surface area contributed by atoms with E-state index in [1.54, 1.807) is 24.3 Å². The van der Waals surface area contributed by atoms with Gasteiger partial charge in [-0.25, -0.2) is 22.0 Å². The maximum atomic E-state index is 13.9. The van der Waals surface area contributed by atoms with Crippen LogP contribution in [-0.4, -0.2) is 27.5 Å². The van der Waals surface area contributed by atoms with Crippen molar-refractivity contribution in [2.75, 3.05) is 11.9 Å². The Morgan fingerprint density at radius 3 is 2.09 bits per heavy atom. The molecule has 1 heterocycles. The largest absolute Gasteiger partial charge is 0.494 e. The van der Waals surface area contributed by atoms with Crippen molar-refractivity contribution >= 4 is 22.6 Å². The number of anilines is 1. The molecule has 0 fully saturated rings. The van der Waals surface area contributed by atoms with E-state index in [4.69, 9.17) is 4.74 Å². The summed E-state index contributed by atoms with van der Waals surface area (Å²) >= 11 is 0. The molecule has 0 bridgehead atoms. The van der Waals surface area contributed by atoms with Crippen molar-refractivity contribution in [2.45, 2.75) is 6.92 Å². The van der Waals surface area contributed by atoms with Crippen LogP contribution in [0.15, 0.2) is 42.5 Å². The third-order valence-corrected chi connectivity index (χ3v) is 4.45. The van der Waals surface area contributed by atoms with Crippen LogP contribution in [0.1, 0.15) is 17.3 Å². The maximum absolute atomic E-state index is 13.9. The van der Waals surface area contributed by atoms with E-state index in [0.29, 0.717) is 29.1 Å². The van der Waals surface area contributed by atoms with Crippen molar-refractivity contribution in [1.29, 1.82) is 0 Å². The van der Waals surface area contributed by atoms with Gasteiger partial charge in [-0.05, 0) is 49.4 Å². The van der Waals surface area contributed by atoms with Gasteiger partial charge < -0.3 is 10.1 Å². The Balaban J connectivity index is 1.62. The molecule has 0 unspecified atom stereocenters. The van der Waals surface area contributed by atoms with Crippen molar-refractivity contribution < 1.29 is 31.5 Å². The van der Waals surface area contributed by atoms with Gasteiger partial charge in [-0.3, -0.25) is 4.79 Å². The summed E-state index contributed by atoms with van der Waals surface area (Å²) in [5.74, 6) is -12.0. The summed E-state index contributed by atoms with van der Waals surface area (Å²) in [5, 5.41) is 10.7. The molecule has 164 valence electrons. The van der Waals surface area contributed by atoms with E-state index in [0.717, 1.165) is 0 Å². The highest BCUT2D eigenvalue weighted by atomic mass is 19.2. The molecule has 0 aliphatic rings. The van der Waals surface area contributed by atoms with Crippen molar-refractivity contribution in [1.82, 2.24) is 15.0 Å². The van der Waals surface area contributed by atoms with Crippen molar-refractivity contribution in [3.05, 3.63) is 77.1 Å². The average Bonchev–Trinajstić information content (AvgIpc) is 3.20. The fraction of sp³-hybridized carbons (Fsp3) is 0.0952. The summed E-state index contributed by atoms with van der Waals surface area (Å²) in [6.45, 7) is 2.38. The van der Waals surface area contributed by atoms with Gasteiger partial charge in [0, 0.05) is 5.69 Å². The fourth-order valence-electron chi connectivity index (χ4n) is 2.95. The number of aromatic nitrogens is 3. The van der Waals surface area contributed by atoms with E-state index in [2.05, 4.69) is 15.5 Å². The first-order chi connectivity index (χ1) is 15.3. The van der Waals surface area contributed by atoms with E-state index in [1.165, 1.54) is 23.0 Å². The first-order valence-electron chi connectivity index (χ1n) is 9.23. The summed E-state index contributed by atoms with van der Waals surface area (Å²) in [6, 6.07) is 11.1. The number of carbonyl (C=O) groups excluding carboxylic acids is 1. The topological polar surface area (TPSA) is 69.0 Å². The lowest BCUT2D eigenvalue weighted by molar-refractivity contribution is 0.101. The lowest BCUT2D eigenvalue weighted by Crippen LogP contribution is -2.19. The van der Waals surface area contributed by atoms with Gasteiger partial charge in [0.05, 0.1) is 12.3 Å². The normalized spacial score (nSPS) is 11.1. The van der Waals surface area contributed by atoms with Crippen LogP contribution in [-0.2, 0) is 0 Å². The van der Waals surface area contributed by atoms with E-state index < -0.39 is 40.6 Å². The Bertz CT molecular complexity index is 1310. The van der Waals surface area contributed by atoms with E-state index >= 15 is 0 Å². The van der Waals surface area contributed by atoms with Crippen LogP contribution in [0.25, 0.3) is 16.7 Å². The van der Waals surface area contributed by atoms with Crippen LogP contribution in [0.3, 0.4) is 0 Å². The minimum Gasteiger partial charge on any atom is -0.494 e. The number of rotatable bonds is 5. The van der Waals surface area contributed by atoms with Gasteiger partial charge in [-0.15, -0.1) is 10.2 Å². The highest BCUT2D eigenvalue weighted by Gasteiger charge is 2.29. The molecule has 0 saturated carbocycles. The van der Waals surface area contributed by atoms with Crippen molar-refractivity contribution in [3.8, 4) is 11.4 Å². The highest BCUT2D eigenvalue weighted by Crippen LogP contribution is 2.25. The average molecular weight is 448 g/mol. The second kappa shape index (κ2) is 8.25. The lowest BCUT2D eigenvalue weighted by Gasteiger charge is -2.09. The summed E-state index contributed by atoms with van der Waals surface area (Å²) < 4.78 is 73.0. The lowest BCUT2D eigenvalue weighted by atomic mass is 10.1. The van der Waals surface area contributed by atoms with Gasteiger partial charge >= 0.3 is 0 Å². The van der Waals surface area contributed by atoms with Crippen molar-refractivity contribution in [2.24, 2.45) is 0 Å². The van der Waals surface area contributed by atoms with Crippen LogP contribution in [0.4, 0.5) is 27.6 Å². The number of ether oxygens (including phenoxy) is 1. The van der Waals surface area contributed by atoms with Gasteiger partial charge in [-0.1, -0.05) is 0 Å². The number of nitrogens with one attached hydrogen (secondary N) is 1. The smallest absolute Gasteiger partial charge is 0.261 e. The molecule has 1 amide bonds. The Kier molecular flexibility index (Phi) is 5.47. The molecule has 1 N–H and O–H groups in total. The van der Waals surface area contributed by atoms with Crippen LogP contribution in [0, 0.1) is 29.1 Å². The summed E-state index contributed by atoms with van der Waals surface area (Å²) in [7, 11) is 0. The minimum absolute atomic E-state index is 0.0187. The predicted octanol–water partition coefficient (Wildman–Crippen LogP) is 4.77. The standard InChI is InChI=1S/C21H13F5N4O2/c1-2-32-12-6-4-11(5-7-12)30-28-13-8-3-10(9-14(13)29-30)27-21(31)15-16(22)18(24)20(26)19(25)17(15)23/h3-9H,2H2,1H3,(H,27,31). The van der Waals surface area contributed by atoms with Crippen LogP contribution in [0.5, 0.6) is 5.75 Å². The monoisotopic (exact) mass is 448 g/mol. The van der Waals surface area contributed by atoms with Crippen LogP contribution < -0.4 is 10.1 Å². The van der Waals surface area contributed by atoms with Gasteiger partial charge in [0.25, 0.3) is 5.91 Å².